The number of rotatable bonds is 10. The number of hydrogen-bond acceptors (Lipinski definition) is 4. The number of furan rings is 1. The summed E-state index contributed by atoms with van der Waals surface area (Å²) in [5, 5.41) is 7.05. The van der Waals surface area contributed by atoms with Crippen molar-refractivity contribution >= 4 is 5.96 Å². The highest BCUT2D eigenvalue weighted by molar-refractivity contribution is 5.80. The first-order valence-corrected chi connectivity index (χ1v) is 10.7. The van der Waals surface area contributed by atoms with Gasteiger partial charge in [0.25, 0.3) is 0 Å². The van der Waals surface area contributed by atoms with Gasteiger partial charge in [-0.05, 0) is 43.4 Å². The first-order valence-electron chi connectivity index (χ1n) is 10.7. The van der Waals surface area contributed by atoms with Gasteiger partial charge < -0.3 is 24.5 Å². The summed E-state index contributed by atoms with van der Waals surface area (Å²) in [6.07, 6.45) is 7.05. The molecule has 2 aromatic rings. The minimum atomic E-state index is 0.195. The molecule has 6 heteroatoms. The van der Waals surface area contributed by atoms with E-state index in [2.05, 4.69) is 22.8 Å². The summed E-state index contributed by atoms with van der Waals surface area (Å²) in [5.74, 6) is 3.58. The molecule has 2 aliphatic rings. The first kappa shape index (κ1) is 19.8. The fourth-order valence-electron chi connectivity index (χ4n) is 3.46. The van der Waals surface area contributed by atoms with Crippen LogP contribution in [0.3, 0.4) is 0 Å². The molecule has 29 heavy (non-hydrogen) atoms. The number of fused-ring (bicyclic) bond motifs is 1. The predicted molar refractivity (Wildman–Crippen MR) is 113 cm³/mol. The van der Waals surface area contributed by atoms with Crippen molar-refractivity contribution in [3.05, 3.63) is 54.0 Å². The van der Waals surface area contributed by atoms with E-state index in [1.807, 2.05) is 24.3 Å². The standard InChI is InChI=1S/C23H31N3O3/c1-2-7-22-20(6-1)21(11-16-29-22)26-23(25-13-10-19-5-3-15-28-19)24-12-4-14-27-17-18-8-9-18/h1-3,5-7,15,18,21H,4,8-14,16-17H2,(H2,24,25,26). The van der Waals surface area contributed by atoms with E-state index in [0.29, 0.717) is 6.61 Å². The molecule has 0 spiro atoms. The molecule has 6 nitrogen and oxygen atoms in total. The molecule has 156 valence electrons. The van der Waals surface area contributed by atoms with Gasteiger partial charge in [0.1, 0.15) is 11.5 Å². The average molecular weight is 398 g/mol. The third-order valence-corrected chi connectivity index (χ3v) is 5.28. The number of guanidine groups is 1. The second-order valence-electron chi connectivity index (χ2n) is 7.73. The van der Waals surface area contributed by atoms with Gasteiger partial charge in [0.2, 0.25) is 0 Å². The number of benzene rings is 1. The first-order chi connectivity index (χ1) is 14.4. The van der Waals surface area contributed by atoms with Crippen molar-refractivity contribution in [3.63, 3.8) is 0 Å². The molecule has 1 aliphatic heterocycles. The van der Waals surface area contributed by atoms with Crippen LogP contribution in [0.25, 0.3) is 0 Å². The van der Waals surface area contributed by atoms with E-state index in [-0.39, 0.29) is 6.04 Å². The Labute approximate surface area is 172 Å². The monoisotopic (exact) mass is 397 g/mol. The Bertz CT molecular complexity index is 771. The van der Waals surface area contributed by atoms with E-state index < -0.39 is 0 Å². The zero-order valence-corrected chi connectivity index (χ0v) is 16.9. The number of ether oxygens (including phenoxy) is 2. The van der Waals surface area contributed by atoms with Crippen LogP contribution in [0.5, 0.6) is 5.75 Å². The average Bonchev–Trinajstić information content (AvgIpc) is 3.43. The van der Waals surface area contributed by atoms with Crippen LogP contribution in [-0.2, 0) is 11.2 Å². The largest absolute Gasteiger partial charge is 0.493 e. The van der Waals surface area contributed by atoms with Gasteiger partial charge in [0.15, 0.2) is 5.96 Å². The highest BCUT2D eigenvalue weighted by atomic mass is 16.5. The summed E-state index contributed by atoms with van der Waals surface area (Å²) in [5.41, 5.74) is 1.19. The maximum Gasteiger partial charge on any atom is 0.191 e. The summed E-state index contributed by atoms with van der Waals surface area (Å²) < 4.78 is 16.9. The Hall–Kier alpha value is -2.47. The fraction of sp³-hybridized carbons (Fsp3) is 0.522. The van der Waals surface area contributed by atoms with Gasteiger partial charge in [0.05, 0.1) is 18.9 Å². The lowest BCUT2D eigenvalue weighted by Crippen LogP contribution is -2.42. The van der Waals surface area contributed by atoms with Gasteiger partial charge in [-0.2, -0.15) is 0 Å². The highest BCUT2D eigenvalue weighted by Gasteiger charge is 2.22. The molecule has 1 aromatic heterocycles. The van der Waals surface area contributed by atoms with Crippen LogP contribution in [0.1, 0.15) is 43.0 Å². The Morgan fingerprint density at radius 2 is 2.07 bits per heavy atom. The molecule has 1 unspecified atom stereocenters. The lowest BCUT2D eigenvalue weighted by atomic mass is 10.0. The van der Waals surface area contributed by atoms with E-state index in [1.165, 1.54) is 18.4 Å². The number of hydrogen-bond donors (Lipinski definition) is 2. The van der Waals surface area contributed by atoms with E-state index in [4.69, 9.17) is 18.9 Å². The van der Waals surface area contributed by atoms with Crippen molar-refractivity contribution in [2.45, 2.75) is 38.1 Å². The molecule has 1 atom stereocenters. The van der Waals surface area contributed by atoms with Crippen molar-refractivity contribution in [2.75, 3.05) is 32.9 Å². The van der Waals surface area contributed by atoms with E-state index in [9.17, 15) is 0 Å². The summed E-state index contributed by atoms with van der Waals surface area (Å²) >= 11 is 0. The van der Waals surface area contributed by atoms with Crippen LogP contribution >= 0.6 is 0 Å². The van der Waals surface area contributed by atoms with Gasteiger partial charge in [-0.25, -0.2) is 0 Å². The molecular weight excluding hydrogens is 366 g/mol. The molecule has 0 radical (unpaired) electrons. The van der Waals surface area contributed by atoms with Crippen molar-refractivity contribution < 1.29 is 13.9 Å². The molecule has 0 amide bonds. The topological polar surface area (TPSA) is 68.0 Å². The second-order valence-corrected chi connectivity index (χ2v) is 7.73. The molecule has 2 heterocycles. The minimum Gasteiger partial charge on any atom is -0.493 e. The third-order valence-electron chi connectivity index (χ3n) is 5.28. The quantitative estimate of drug-likeness (QED) is 0.364. The van der Waals surface area contributed by atoms with Gasteiger partial charge in [-0.1, -0.05) is 18.2 Å². The number of aliphatic imine (C=N–C) groups is 1. The molecule has 1 saturated carbocycles. The lowest BCUT2D eigenvalue weighted by Gasteiger charge is -2.28. The highest BCUT2D eigenvalue weighted by Crippen LogP contribution is 2.31. The maximum atomic E-state index is 5.79. The minimum absolute atomic E-state index is 0.195. The van der Waals surface area contributed by atoms with Crippen LogP contribution in [0.4, 0.5) is 0 Å². The van der Waals surface area contributed by atoms with Crippen LogP contribution in [0.15, 0.2) is 52.1 Å². The number of nitrogens with one attached hydrogen (secondary N) is 2. The van der Waals surface area contributed by atoms with Crippen molar-refractivity contribution in [1.29, 1.82) is 0 Å². The summed E-state index contributed by atoms with van der Waals surface area (Å²) in [6.45, 7) is 3.91. The van der Waals surface area contributed by atoms with Crippen molar-refractivity contribution in [1.82, 2.24) is 10.6 Å². The number of para-hydroxylation sites is 1. The SMILES string of the molecule is c1coc(CCNC(=NCCCOCC2CC2)NC2CCOc3ccccc32)c1. The summed E-state index contributed by atoms with van der Waals surface area (Å²) in [7, 11) is 0. The molecule has 1 aliphatic carbocycles. The Morgan fingerprint density at radius 1 is 1.14 bits per heavy atom. The zero-order valence-electron chi connectivity index (χ0n) is 16.9. The Balaban J connectivity index is 1.31. The second kappa shape index (κ2) is 10.3. The van der Waals surface area contributed by atoms with Gasteiger partial charge >= 0.3 is 0 Å². The third kappa shape index (κ3) is 6.26. The Morgan fingerprint density at radius 3 is 2.93 bits per heavy atom. The molecule has 0 bridgehead atoms. The normalized spacial score (nSPS) is 18.8. The predicted octanol–water partition coefficient (Wildman–Crippen LogP) is 3.70. The van der Waals surface area contributed by atoms with Crippen LogP contribution < -0.4 is 15.4 Å². The van der Waals surface area contributed by atoms with E-state index in [1.54, 1.807) is 6.26 Å². The van der Waals surface area contributed by atoms with Gasteiger partial charge in [-0.15, -0.1) is 0 Å². The molecular formula is C23H31N3O3. The molecule has 1 aromatic carbocycles. The molecule has 2 N–H and O–H groups in total. The zero-order chi connectivity index (χ0) is 19.7. The van der Waals surface area contributed by atoms with Crippen LogP contribution in [0.2, 0.25) is 0 Å². The van der Waals surface area contributed by atoms with Crippen molar-refractivity contribution in [2.24, 2.45) is 10.9 Å². The maximum absolute atomic E-state index is 5.79. The smallest absolute Gasteiger partial charge is 0.191 e. The molecule has 4 rings (SSSR count). The summed E-state index contributed by atoms with van der Waals surface area (Å²) in [4.78, 5) is 4.78. The van der Waals surface area contributed by atoms with Crippen LogP contribution in [0, 0.1) is 5.92 Å². The van der Waals surface area contributed by atoms with Crippen molar-refractivity contribution in [3.8, 4) is 5.75 Å². The summed E-state index contributed by atoms with van der Waals surface area (Å²) in [6, 6.07) is 12.3. The van der Waals surface area contributed by atoms with Crippen LogP contribution in [-0.4, -0.2) is 38.9 Å². The molecule has 0 saturated heterocycles. The fourth-order valence-corrected chi connectivity index (χ4v) is 3.46. The Kier molecular flexibility index (Phi) is 7.08. The lowest BCUT2D eigenvalue weighted by molar-refractivity contribution is 0.123. The van der Waals surface area contributed by atoms with Gasteiger partial charge in [-0.3, -0.25) is 4.99 Å². The van der Waals surface area contributed by atoms with E-state index >= 15 is 0 Å². The molecule has 1 fully saturated rings. The van der Waals surface area contributed by atoms with E-state index in [0.717, 1.165) is 69.0 Å². The van der Waals surface area contributed by atoms with Gasteiger partial charge in [0, 0.05) is 44.7 Å². The number of nitrogens with zero attached hydrogens (tertiary/aromatic N) is 1.